The molecule has 13 heteroatoms. The Morgan fingerprint density at radius 3 is 1.91 bits per heavy atom. The van der Waals surface area contributed by atoms with Crippen LogP contribution in [-0.4, -0.2) is 62.4 Å². The fraction of sp³-hybridized carbons (Fsp3) is 0.294. The van der Waals surface area contributed by atoms with E-state index >= 15 is 0 Å². The molecule has 11 nitrogen and oxygen atoms in total. The summed E-state index contributed by atoms with van der Waals surface area (Å²) >= 11 is 1.52. The van der Waals surface area contributed by atoms with Crippen LogP contribution in [0.5, 0.6) is 23.0 Å². The third kappa shape index (κ3) is 7.52. The Morgan fingerprint density at radius 2 is 1.32 bits per heavy atom. The minimum absolute atomic E-state index is 0.181. The summed E-state index contributed by atoms with van der Waals surface area (Å²) in [6.07, 6.45) is 3.49. The minimum Gasteiger partial charge on any atom is -0.497 e. The normalized spacial score (nSPS) is 14.1. The Kier molecular flexibility index (Phi) is 8.36. The van der Waals surface area contributed by atoms with Gasteiger partial charge < -0.3 is 28.9 Å². The van der Waals surface area contributed by atoms with Crippen LogP contribution in [0.15, 0.2) is 59.1 Å². The van der Waals surface area contributed by atoms with E-state index in [1.165, 1.54) is 23.9 Å². The molecule has 0 saturated carbocycles. The summed E-state index contributed by atoms with van der Waals surface area (Å²) in [5, 5.41) is 1.02. The van der Waals surface area contributed by atoms with E-state index in [1.54, 1.807) is 50.9 Å². The smallest absolute Gasteiger partial charge is 0.197 e. The quantitative estimate of drug-likeness (QED) is 0.149. The van der Waals surface area contributed by atoms with Gasteiger partial charge in [-0.25, -0.2) is 9.97 Å². The van der Waals surface area contributed by atoms with Crippen LogP contribution in [0.4, 0.5) is 0 Å². The van der Waals surface area contributed by atoms with Crippen molar-refractivity contribution >= 4 is 44.6 Å². The second-order valence-electron chi connectivity index (χ2n) is 10.5. The van der Waals surface area contributed by atoms with Gasteiger partial charge in [0.25, 0.3) is 0 Å². The molecule has 0 bridgehead atoms. The van der Waals surface area contributed by atoms with Crippen LogP contribution < -0.4 is 18.9 Å². The van der Waals surface area contributed by atoms with Gasteiger partial charge >= 0.3 is 0 Å². The molecule has 0 aliphatic rings. The summed E-state index contributed by atoms with van der Waals surface area (Å²) in [5.41, 5.74) is 7.97. The average Bonchev–Trinajstić information content (AvgIpc) is 3.68. The van der Waals surface area contributed by atoms with Crippen molar-refractivity contribution in [1.82, 2.24) is 29.9 Å². The second-order valence-corrected chi connectivity index (χ2v) is 12.8. The van der Waals surface area contributed by atoms with E-state index < -0.39 is 24.9 Å². The monoisotopic (exact) mass is 680 g/mol. The molecular formula is C34H38N6O5S2. The molecule has 0 fully saturated rings. The number of aromatic nitrogens is 6. The van der Waals surface area contributed by atoms with Crippen LogP contribution in [0.2, 0.25) is 0 Å². The van der Waals surface area contributed by atoms with Crippen molar-refractivity contribution in [2.45, 2.75) is 49.5 Å². The number of hydrogen-bond donors (Lipinski definition) is 2. The van der Waals surface area contributed by atoms with Crippen molar-refractivity contribution in [3.8, 4) is 23.0 Å². The molecule has 4 aromatic heterocycles. The van der Waals surface area contributed by atoms with E-state index in [1.807, 2.05) is 27.7 Å². The van der Waals surface area contributed by atoms with Gasteiger partial charge in [0.2, 0.25) is 0 Å². The van der Waals surface area contributed by atoms with Crippen molar-refractivity contribution in [2.24, 2.45) is 0 Å². The zero-order valence-corrected chi connectivity index (χ0v) is 28.3. The van der Waals surface area contributed by atoms with Gasteiger partial charge in [0.15, 0.2) is 10.3 Å². The molecule has 0 amide bonds. The van der Waals surface area contributed by atoms with Crippen LogP contribution in [0.3, 0.4) is 0 Å². The Balaban J connectivity index is 0.000000204. The van der Waals surface area contributed by atoms with Gasteiger partial charge in [-0.1, -0.05) is 11.8 Å². The number of nitrogens with zero attached hydrogens (tertiary/aromatic N) is 4. The van der Waals surface area contributed by atoms with Crippen LogP contribution >= 0.6 is 11.8 Å². The summed E-state index contributed by atoms with van der Waals surface area (Å²) in [6.45, 7) is 7.74. The number of aryl methyl sites for hydroxylation is 2. The van der Waals surface area contributed by atoms with Gasteiger partial charge in [-0.3, -0.25) is 14.2 Å². The topological polar surface area (TPSA) is 137 Å². The number of methoxy groups -OCH3 is 4. The third-order valence-electron chi connectivity index (χ3n) is 7.43. The second kappa shape index (κ2) is 14.9. The number of thioether (sulfide) groups is 1. The largest absolute Gasteiger partial charge is 0.497 e. The number of imidazole rings is 2. The first-order valence-electron chi connectivity index (χ1n) is 17.3. The van der Waals surface area contributed by atoms with Crippen molar-refractivity contribution in [1.29, 1.82) is 0 Å². The fourth-order valence-electron chi connectivity index (χ4n) is 5.00. The highest BCUT2D eigenvalue weighted by molar-refractivity contribution is 7.98. The summed E-state index contributed by atoms with van der Waals surface area (Å²) in [4.78, 5) is 23.8. The lowest BCUT2D eigenvalue weighted by atomic mass is 10.1. The van der Waals surface area contributed by atoms with Gasteiger partial charge in [-0.2, -0.15) is 0 Å². The number of nitrogens with one attached hydrogen (secondary N) is 2. The summed E-state index contributed by atoms with van der Waals surface area (Å²) < 4.78 is 76.4. The Hall–Kier alpha value is -4.62. The molecule has 246 valence electrons. The highest BCUT2D eigenvalue weighted by Crippen LogP contribution is 2.30. The van der Waals surface area contributed by atoms with Crippen molar-refractivity contribution in [3.05, 3.63) is 82.4 Å². The lowest BCUT2D eigenvalue weighted by Gasteiger charge is -2.11. The maximum absolute atomic E-state index is 12.7. The van der Waals surface area contributed by atoms with Crippen molar-refractivity contribution in [3.63, 3.8) is 0 Å². The Bertz CT molecular complexity index is 2280. The van der Waals surface area contributed by atoms with Crippen LogP contribution in [0.1, 0.15) is 41.9 Å². The van der Waals surface area contributed by atoms with E-state index in [0.717, 1.165) is 55.6 Å². The molecular weight excluding hydrogens is 637 g/mol. The van der Waals surface area contributed by atoms with Gasteiger partial charge in [-0.05, 0) is 52.0 Å². The first-order chi connectivity index (χ1) is 24.9. The third-order valence-corrected chi connectivity index (χ3v) is 9.47. The van der Waals surface area contributed by atoms with E-state index in [4.69, 9.17) is 27.2 Å². The van der Waals surface area contributed by atoms with Crippen LogP contribution in [-0.2, 0) is 22.3 Å². The molecule has 0 aliphatic carbocycles. The van der Waals surface area contributed by atoms with Crippen LogP contribution in [0, 0.1) is 27.7 Å². The van der Waals surface area contributed by atoms with Crippen molar-refractivity contribution < 1.29 is 31.4 Å². The molecule has 47 heavy (non-hydrogen) atoms. The predicted octanol–water partition coefficient (Wildman–Crippen LogP) is 6.78. The van der Waals surface area contributed by atoms with Crippen LogP contribution in [0.25, 0.3) is 22.1 Å². The summed E-state index contributed by atoms with van der Waals surface area (Å²) in [5.74, 6) is 2.87. The standard InChI is InChI=1S/C17H19N3O3S.C17H19N3O2S/c1-10-8-18-15(11(2)16(10)23-4)9-24(21)17-19-13-6-5-12(22-3)7-14(13)20-17;1-10-8-18-15(11(2)16(10)22-4)9-23-17-19-13-6-5-12(21-3)7-14(13)20-17/h5-8H,9H2,1-4H3,(H,19,20);5-8H,9H2,1-4H3,(H,19,20)/i2*3D3. The molecule has 0 saturated heterocycles. The molecule has 0 aliphatic heterocycles. The molecule has 1 atom stereocenters. The SMILES string of the molecule is [2H]C([2H])([2H])Oc1ccc2nc(S(=O)Cc3ncc(C)c(OC)c3C)[nH]c2c1.[2H]C([2H])([2H])Oc1ccc2nc(SCc3ncc(C)c(OC)c3C)[nH]c2c1. The average molecular weight is 681 g/mol. The molecule has 6 rings (SSSR count). The molecule has 4 heterocycles. The lowest BCUT2D eigenvalue weighted by Crippen LogP contribution is -2.05. The number of ether oxygens (including phenoxy) is 4. The summed E-state index contributed by atoms with van der Waals surface area (Å²) in [7, 11) is -3.22. The number of aromatic amines is 2. The fourth-order valence-corrected chi connectivity index (χ4v) is 7.01. The number of pyridine rings is 2. The molecule has 6 aromatic rings. The number of benzene rings is 2. The van der Waals surface area contributed by atoms with Gasteiger partial charge in [-0.15, -0.1) is 0 Å². The minimum atomic E-state index is -2.53. The molecule has 0 spiro atoms. The van der Waals surface area contributed by atoms with Gasteiger partial charge in [0.05, 0.1) is 86.5 Å². The Labute approximate surface area is 288 Å². The molecule has 2 aromatic carbocycles. The number of fused-ring (bicyclic) bond motifs is 2. The number of rotatable bonds is 10. The Morgan fingerprint density at radius 1 is 0.766 bits per heavy atom. The molecule has 2 N–H and O–H groups in total. The van der Waals surface area contributed by atoms with E-state index in [2.05, 4.69) is 29.9 Å². The highest BCUT2D eigenvalue weighted by atomic mass is 32.2. The summed E-state index contributed by atoms with van der Waals surface area (Å²) in [6, 6.07) is 9.62. The van der Waals surface area contributed by atoms with E-state index in [0.29, 0.717) is 22.5 Å². The maximum atomic E-state index is 12.7. The lowest BCUT2D eigenvalue weighted by molar-refractivity contribution is 0.407. The first kappa shape index (κ1) is 26.4. The number of hydrogen-bond acceptors (Lipinski definition) is 10. The maximum Gasteiger partial charge on any atom is 0.197 e. The highest BCUT2D eigenvalue weighted by Gasteiger charge is 2.16. The zero-order chi connectivity index (χ0) is 38.7. The van der Waals surface area contributed by atoms with Gasteiger partial charge in [0, 0.05) is 52.5 Å². The molecule has 1 unspecified atom stereocenters. The van der Waals surface area contributed by atoms with E-state index in [9.17, 15) is 4.21 Å². The molecule has 0 radical (unpaired) electrons. The van der Waals surface area contributed by atoms with Crippen molar-refractivity contribution in [2.75, 3.05) is 28.3 Å². The number of H-pyrrole nitrogens is 2. The predicted molar refractivity (Wildman–Crippen MR) is 185 cm³/mol. The van der Waals surface area contributed by atoms with E-state index in [-0.39, 0.29) is 22.4 Å². The zero-order valence-electron chi connectivity index (χ0n) is 32.7. The first-order valence-corrected chi connectivity index (χ1v) is 16.6. The van der Waals surface area contributed by atoms with Gasteiger partial charge in [0.1, 0.15) is 23.0 Å².